The second-order valence-electron chi connectivity index (χ2n) is 3.94. The molecule has 1 rings (SSSR count). The molecule has 1 aromatic carbocycles. The summed E-state index contributed by atoms with van der Waals surface area (Å²) in [6.07, 6.45) is 0. The predicted molar refractivity (Wildman–Crippen MR) is 65.4 cm³/mol. The third-order valence-electron chi connectivity index (χ3n) is 2.10. The summed E-state index contributed by atoms with van der Waals surface area (Å²) in [7, 11) is -2.39. The van der Waals surface area contributed by atoms with E-state index in [9.17, 15) is 13.2 Å². The van der Waals surface area contributed by atoms with E-state index in [-0.39, 0.29) is 22.3 Å². The van der Waals surface area contributed by atoms with Crippen LogP contribution in [0, 0.1) is 0 Å². The first kappa shape index (κ1) is 14.5. The fraction of sp³-hybridized carbons (Fsp3) is 0.364. The van der Waals surface area contributed by atoms with Crippen LogP contribution in [-0.4, -0.2) is 32.6 Å². The van der Waals surface area contributed by atoms with Crippen molar-refractivity contribution in [1.29, 1.82) is 0 Å². The Kier molecular flexibility index (Phi) is 4.31. The predicted octanol–water partition coefficient (Wildman–Crippen LogP) is 1.08. The lowest BCUT2D eigenvalue weighted by molar-refractivity contribution is 0.0693. The highest BCUT2D eigenvalue weighted by Gasteiger charge is 2.19. The number of benzene rings is 1. The normalized spacial score (nSPS) is 11.6. The summed E-state index contributed by atoms with van der Waals surface area (Å²) in [5.41, 5.74) is -0.191. The van der Waals surface area contributed by atoms with Gasteiger partial charge in [-0.3, -0.25) is 0 Å². The number of methoxy groups -OCH3 is 1. The number of hydrogen-bond donors (Lipinski definition) is 2. The van der Waals surface area contributed by atoms with E-state index in [0.717, 1.165) is 6.07 Å². The average molecular weight is 273 g/mol. The highest BCUT2D eigenvalue weighted by Crippen LogP contribution is 2.22. The van der Waals surface area contributed by atoms with E-state index in [1.165, 1.54) is 19.2 Å². The van der Waals surface area contributed by atoms with Crippen molar-refractivity contribution in [3.8, 4) is 5.75 Å². The molecule has 0 heterocycles. The SMILES string of the molecule is COc1ccc(S(=O)(=O)NC(C)C)cc1C(=O)O. The van der Waals surface area contributed by atoms with Crippen molar-refractivity contribution in [2.75, 3.05) is 7.11 Å². The molecule has 0 bridgehead atoms. The minimum atomic E-state index is -3.71. The number of carboxylic acid groups (broad SMARTS) is 1. The van der Waals surface area contributed by atoms with Crippen LogP contribution in [0.5, 0.6) is 5.75 Å². The van der Waals surface area contributed by atoms with Gasteiger partial charge in [0.15, 0.2) is 0 Å². The number of sulfonamides is 1. The summed E-state index contributed by atoms with van der Waals surface area (Å²) in [4.78, 5) is 10.9. The molecule has 0 radical (unpaired) electrons. The van der Waals surface area contributed by atoms with Crippen LogP contribution in [-0.2, 0) is 10.0 Å². The molecule has 0 spiro atoms. The average Bonchev–Trinajstić information content (AvgIpc) is 2.26. The molecule has 0 unspecified atom stereocenters. The largest absolute Gasteiger partial charge is 0.496 e. The Bertz CT molecular complexity index is 551. The molecule has 0 fully saturated rings. The number of aromatic carboxylic acids is 1. The lowest BCUT2D eigenvalue weighted by Crippen LogP contribution is -2.30. The van der Waals surface area contributed by atoms with Crippen molar-refractivity contribution in [1.82, 2.24) is 4.72 Å². The molecule has 0 aliphatic rings. The first-order chi connectivity index (χ1) is 8.27. The number of carbonyl (C=O) groups is 1. The van der Waals surface area contributed by atoms with E-state index >= 15 is 0 Å². The molecule has 0 aromatic heterocycles. The number of hydrogen-bond acceptors (Lipinski definition) is 4. The molecule has 18 heavy (non-hydrogen) atoms. The summed E-state index contributed by atoms with van der Waals surface area (Å²) in [6, 6.07) is 3.42. The van der Waals surface area contributed by atoms with Crippen molar-refractivity contribution in [3.63, 3.8) is 0 Å². The van der Waals surface area contributed by atoms with Gasteiger partial charge in [0.05, 0.1) is 12.0 Å². The third-order valence-corrected chi connectivity index (χ3v) is 3.76. The lowest BCUT2D eigenvalue weighted by atomic mass is 10.2. The smallest absolute Gasteiger partial charge is 0.339 e. The van der Waals surface area contributed by atoms with E-state index in [2.05, 4.69) is 4.72 Å². The van der Waals surface area contributed by atoms with Crippen molar-refractivity contribution < 1.29 is 23.1 Å². The Morgan fingerprint density at radius 3 is 2.44 bits per heavy atom. The lowest BCUT2D eigenvalue weighted by Gasteiger charge is -2.11. The van der Waals surface area contributed by atoms with Gasteiger partial charge in [0, 0.05) is 6.04 Å². The minimum Gasteiger partial charge on any atom is -0.496 e. The van der Waals surface area contributed by atoms with E-state index in [1.54, 1.807) is 13.8 Å². The van der Waals surface area contributed by atoms with Gasteiger partial charge in [-0.15, -0.1) is 0 Å². The summed E-state index contributed by atoms with van der Waals surface area (Å²) >= 11 is 0. The zero-order valence-electron chi connectivity index (χ0n) is 10.3. The highest BCUT2D eigenvalue weighted by molar-refractivity contribution is 7.89. The van der Waals surface area contributed by atoms with Gasteiger partial charge in [-0.2, -0.15) is 0 Å². The van der Waals surface area contributed by atoms with Crippen molar-refractivity contribution in [2.45, 2.75) is 24.8 Å². The van der Waals surface area contributed by atoms with Crippen LogP contribution >= 0.6 is 0 Å². The maximum Gasteiger partial charge on any atom is 0.339 e. The van der Waals surface area contributed by atoms with Gasteiger partial charge < -0.3 is 9.84 Å². The van der Waals surface area contributed by atoms with Crippen LogP contribution in [0.15, 0.2) is 23.1 Å². The van der Waals surface area contributed by atoms with Gasteiger partial charge in [-0.25, -0.2) is 17.9 Å². The Labute approximate surface area is 106 Å². The molecular weight excluding hydrogens is 258 g/mol. The molecule has 0 atom stereocenters. The van der Waals surface area contributed by atoms with Crippen LogP contribution in [0.2, 0.25) is 0 Å². The van der Waals surface area contributed by atoms with Gasteiger partial charge in [0.25, 0.3) is 0 Å². The van der Waals surface area contributed by atoms with Crippen LogP contribution in [0.1, 0.15) is 24.2 Å². The monoisotopic (exact) mass is 273 g/mol. The molecule has 0 aliphatic carbocycles. The quantitative estimate of drug-likeness (QED) is 0.837. The maximum absolute atomic E-state index is 11.9. The van der Waals surface area contributed by atoms with E-state index < -0.39 is 16.0 Å². The second-order valence-corrected chi connectivity index (χ2v) is 5.66. The van der Waals surface area contributed by atoms with Gasteiger partial charge in [-0.1, -0.05) is 0 Å². The second kappa shape index (κ2) is 5.36. The maximum atomic E-state index is 11.9. The topological polar surface area (TPSA) is 92.7 Å². The fourth-order valence-electron chi connectivity index (χ4n) is 1.40. The molecular formula is C11H15NO5S. The van der Waals surface area contributed by atoms with Gasteiger partial charge in [-0.05, 0) is 32.0 Å². The summed E-state index contributed by atoms with van der Waals surface area (Å²) < 4.78 is 31.0. The number of rotatable bonds is 5. The Morgan fingerprint density at radius 2 is 2.00 bits per heavy atom. The fourth-order valence-corrected chi connectivity index (χ4v) is 2.68. The van der Waals surface area contributed by atoms with E-state index in [0.29, 0.717) is 0 Å². The van der Waals surface area contributed by atoms with E-state index in [1.807, 2.05) is 0 Å². The number of carboxylic acids is 1. The summed E-state index contributed by atoms with van der Waals surface area (Å²) in [5.74, 6) is -1.13. The molecule has 6 nitrogen and oxygen atoms in total. The minimum absolute atomic E-state index is 0.102. The third kappa shape index (κ3) is 3.21. The summed E-state index contributed by atoms with van der Waals surface area (Å²) in [5, 5.41) is 8.97. The molecule has 100 valence electrons. The van der Waals surface area contributed by atoms with Crippen molar-refractivity contribution in [3.05, 3.63) is 23.8 Å². The number of ether oxygens (including phenoxy) is 1. The zero-order chi connectivity index (χ0) is 13.9. The first-order valence-corrected chi connectivity index (χ1v) is 6.70. The molecule has 0 saturated heterocycles. The van der Waals surface area contributed by atoms with E-state index in [4.69, 9.17) is 9.84 Å². The van der Waals surface area contributed by atoms with Gasteiger partial charge in [0.1, 0.15) is 11.3 Å². The Balaban J connectivity index is 3.28. The van der Waals surface area contributed by atoms with Gasteiger partial charge >= 0.3 is 5.97 Å². The van der Waals surface area contributed by atoms with Crippen molar-refractivity contribution in [2.24, 2.45) is 0 Å². The number of nitrogens with one attached hydrogen (secondary N) is 1. The zero-order valence-corrected chi connectivity index (χ0v) is 11.1. The van der Waals surface area contributed by atoms with Crippen LogP contribution in [0.3, 0.4) is 0 Å². The molecule has 0 saturated carbocycles. The van der Waals surface area contributed by atoms with Gasteiger partial charge in [0.2, 0.25) is 10.0 Å². The first-order valence-electron chi connectivity index (χ1n) is 5.21. The Hall–Kier alpha value is -1.60. The molecule has 0 aliphatic heterocycles. The highest BCUT2D eigenvalue weighted by atomic mass is 32.2. The van der Waals surface area contributed by atoms with Crippen LogP contribution in [0.25, 0.3) is 0 Å². The van der Waals surface area contributed by atoms with Crippen molar-refractivity contribution >= 4 is 16.0 Å². The summed E-state index contributed by atoms with van der Waals surface area (Å²) in [6.45, 7) is 3.36. The molecule has 1 aromatic rings. The molecule has 0 amide bonds. The van der Waals surface area contributed by atoms with Crippen LogP contribution in [0.4, 0.5) is 0 Å². The van der Waals surface area contributed by atoms with Crippen LogP contribution < -0.4 is 9.46 Å². The Morgan fingerprint density at radius 1 is 1.39 bits per heavy atom. The standard InChI is InChI=1S/C11H15NO5S/c1-7(2)12-18(15,16)8-4-5-10(17-3)9(6-8)11(13)14/h4-7,12H,1-3H3,(H,13,14). The molecule has 7 heteroatoms. The molecule has 2 N–H and O–H groups in total.